The third-order valence-electron chi connectivity index (χ3n) is 6.14. The lowest BCUT2D eigenvalue weighted by Crippen LogP contribution is -2.51. The van der Waals surface area contributed by atoms with Gasteiger partial charge in [0.05, 0.1) is 12.0 Å². The van der Waals surface area contributed by atoms with Gasteiger partial charge in [-0.2, -0.15) is 5.10 Å². The number of benzene rings is 1. The second-order valence-corrected chi connectivity index (χ2v) is 8.47. The number of carbonyl (C=O) groups is 1. The summed E-state index contributed by atoms with van der Waals surface area (Å²) in [5.74, 6) is 0.971. The van der Waals surface area contributed by atoms with Crippen LogP contribution in [0.5, 0.6) is 11.6 Å². The average molecular weight is 462 g/mol. The SMILES string of the molecule is CC(O)C(=O)N1CCN(CCc2coc3cc(Oc4ccc(-c5ccn[nH]5)cn4)ccc23)CC1. The van der Waals surface area contributed by atoms with Gasteiger partial charge in [0, 0.05) is 68.2 Å². The molecule has 176 valence electrons. The van der Waals surface area contributed by atoms with Crippen LogP contribution in [0.3, 0.4) is 0 Å². The number of aliphatic hydroxyl groups excluding tert-OH is 1. The van der Waals surface area contributed by atoms with E-state index < -0.39 is 6.10 Å². The van der Waals surface area contributed by atoms with Gasteiger partial charge in [-0.05, 0) is 43.2 Å². The first-order chi connectivity index (χ1) is 16.6. The number of hydrogen-bond acceptors (Lipinski definition) is 7. The van der Waals surface area contributed by atoms with E-state index in [-0.39, 0.29) is 5.91 Å². The third-order valence-corrected chi connectivity index (χ3v) is 6.14. The van der Waals surface area contributed by atoms with E-state index in [1.807, 2.05) is 36.4 Å². The summed E-state index contributed by atoms with van der Waals surface area (Å²) in [6.45, 7) is 5.30. The monoisotopic (exact) mass is 461 g/mol. The Balaban J connectivity index is 1.18. The van der Waals surface area contributed by atoms with Crippen LogP contribution in [0.1, 0.15) is 12.5 Å². The van der Waals surface area contributed by atoms with Crippen molar-refractivity contribution < 1.29 is 19.1 Å². The second-order valence-electron chi connectivity index (χ2n) is 8.47. The zero-order chi connectivity index (χ0) is 23.5. The molecule has 9 heteroatoms. The van der Waals surface area contributed by atoms with E-state index in [0.29, 0.717) is 24.7 Å². The molecule has 0 bridgehead atoms. The van der Waals surface area contributed by atoms with Crippen molar-refractivity contribution in [1.82, 2.24) is 25.0 Å². The Hall–Kier alpha value is -3.69. The van der Waals surface area contributed by atoms with Gasteiger partial charge in [0.1, 0.15) is 17.4 Å². The molecule has 0 aliphatic carbocycles. The fraction of sp³-hybridized carbons (Fsp3) is 0.320. The van der Waals surface area contributed by atoms with Crippen LogP contribution in [0.4, 0.5) is 0 Å². The molecule has 1 aromatic carbocycles. The van der Waals surface area contributed by atoms with Crippen LogP contribution < -0.4 is 4.74 Å². The Labute approximate surface area is 197 Å². The standard InChI is InChI=1S/C25H27N5O4/c1-17(31)25(32)30-12-10-29(11-13-30)9-7-19-16-33-23-14-20(3-4-21(19)23)34-24-5-2-18(15-26-24)22-6-8-27-28-22/h2-6,8,14-17,31H,7,9-13H2,1H3,(H,27,28). The molecule has 1 aliphatic rings. The van der Waals surface area contributed by atoms with E-state index in [9.17, 15) is 9.90 Å². The highest BCUT2D eigenvalue weighted by Gasteiger charge is 2.23. The average Bonchev–Trinajstić information content (AvgIpc) is 3.53. The quantitative estimate of drug-likeness (QED) is 0.435. The Bertz CT molecular complexity index is 1240. The largest absolute Gasteiger partial charge is 0.464 e. The van der Waals surface area contributed by atoms with E-state index >= 15 is 0 Å². The summed E-state index contributed by atoms with van der Waals surface area (Å²) < 4.78 is 11.7. The number of aromatic amines is 1. The number of piperazine rings is 1. The van der Waals surface area contributed by atoms with E-state index in [1.165, 1.54) is 6.92 Å². The van der Waals surface area contributed by atoms with Crippen molar-refractivity contribution in [3.05, 3.63) is 60.6 Å². The Kier molecular flexibility index (Phi) is 6.29. The molecule has 1 unspecified atom stereocenters. The maximum atomic E-state index is 11.9. The molecule has 1 amide bonds. The number of nitrogens with one attached hydrogen (secondary N) is 1. The molecule has 0 spiro atoms. The Morgan fingerprint density at radius 2 is 2.06 bits per heavy atom. The molecule has 1 aliphatic heterocycles. The van der Waals surface area contributed by atoms with Gasteiger partial charge in [-0.1, -0.05) is 0 Å². The molecule has 5 rings (SSSR count). The number of rotatable bonds is 7. The van der Waals surface area contributed by atoms with Gasteiger partial charge in [-0.15, -0.1) is 0 Å². The number of H-pyrrole nitrogens is 1. The number of ether oxygens (including phenoxy) is 1. The summed E-state index contributed by atoms with van der Waals surface area (Å²) in [6, 6.07) is 11.5. The zero-order valence-corrected chi connectivity index (χ0v) is 19.0. The molecule has 0 saturated carbocycles. The van der Waals surface area contributed by atoms with Gasteiger partial charge in [-0.25, -0.2) is 4.98 Å². The molecule has 4 aromatic rings. The molecule has 34 heavy (non-hydrogen) atoms. The van der Waals surface area contributed by atoms with Crippen LogP contribution in [-0.2, 0) is 11.2 Å². The summed E-state index contributed by atoms with van der Waals surface area (Å²) in [4.78, 5) is 20.4. The van der Waals surface area contributed by atoms with Crippen molar-refractivity contribution >= 4 is 16.9 Å². The third kappa shape index (κ3) is 4.80. The van der Waals surface area contributed by atoms with Crippen molar-refractivity contribution in [2.24, 2.45) is 0 Å². The number of carbonyl (C=O) groups excluding carboxylic acids is 1. The second kappa shape index (κ2) is 9.66. The van der Waals surface area contributed by atoms with Gasteiger partial charge < -0.3 is 19.2 Å². The number of aromatic nitrogens is 3. The number of furan rings is 1. The number of pyridine rings is 1. The van der Waals surface area contributed by atoms with E-state index in [4.69, 9.17) is 9.15 Å². The minimum Gasteiger partial charge on any atom is -0.464 e. The fourth-order valence-electron chi connectivity index (χ4n) is 4.19. The molecule has 3 aromatic heterocycles. The fourth-order valence-corrected chi connectivity index (χ4v) is 4.19. The maximum absolute atomic E-state index is 11.9. The van der Waals surface area contributed by atoms with E-state index in [2.05, 4.69) is 20.1 Å². The van der Waals surface area contributed by atoms with Crippen LogP contribution in [0.2, 0.25) is 0 Å². The number of hydrogen-bond donors (Lipinski definition) is 2. The highest BCUT2D eigenvalue weighted by atomic mass is 16.5. The molecular weight excluding hydrogens is 434 g/mol. The van der Waals surface area contributed by atoms with Crippen molar-refractivity contribution in [2.75, 3.05) is 32.7 Å². The molecule has 1 fully saturated rings. The molecule has 1 saturated heterocycles. The summed E-state index contributed by atoms with van der Waals surface area (Å²) >= 11 is 0. The summed E-state index contributed by atoms with van der Waals surface area (Å²) in [5.41, 5.74) is 3.76. The van der Waals surface area contributed by atoms with Crippen molar-refractivity contribution in [3.8, 4) is 22.9 Å². The molecular formula is C25H27N5O4. The van der Waals surface area contributed by atoms with Crippen LogP contribution in [0, 0.1) is 0 Å². The first kappa shape index (κ1) is 22.1. The molecule has 4 heterocycles. The van der Waals surface area contributed by atoms with Gasteiger partial charge in [-0.3, -0.25) is 14.8 Å². The summed E-state index contributed by atoms with van der Waals surface area (Å²) in [5, 5.41) is 17.4. The highest BCUT2D eigenvalue weighted by molar-refractivity contribution is 5.82. The minimum atomic E-state index is -0.935. The molecule has 9 nitrogen and oxygen atoms in total. The summed E-state index contributed by atoms with van der Waals surface area (Å²) in [6.07, 6.45) is 5.17. The lowest BCUT2D eigenvalue weighted by Gasteiger charge is -2.35. The normalized spacial score (nSPS) is 15.5. The van der Waals surface area contributed by atoms with Gasteiger partial charge in [0.15, 0.2) is 0 Å². The predicted octanol–water partition coefficient (Wildman–Crippen LogP) is 3.08. The van der Waals surface area contributed by atoms with Gasteiger partial charge in [0.25, 0.3) is 5.91 Å². The van der Waals surface area contributed by atoms with Crippen LogP contribution in [0.15, 0.2) is 59.5 Å². The van der Waals surface area contributed by atoms with Crippen molar-refractivity contribution in [2.45, 2.75) is 19.4 Å². The number of nitrogens with zero attached hydrogens (tertiary/aromatic N) is 4. The van der Waals surface area contributed by atoms with Crippen molar-refractivity contribution in [3.63, 3.8) is 0 Å². The molecule has 0 radical (unpaired) electrons. The lowest BCUT2D eigenvalue weighted by atomic mass is 10.1. The molecule has 1 atom stereocenters. The molecule has 2 N–H and O–H groups in total. The minimum absolute atomic E-state index is 0.192. The zero-order valence-electron chi connectivity index (χ0n) is 19.0. The van der Waals surface area contributed by atoms with Gasteiger partial charge >= 0.3 is 0 Å². The van der Waals surface area contributed by atoms with Crippen LogP contribution >= 0.6 is 0 Å². The summed E-state index contributed by atoms with van der Waals surface area (Å²) in [7, 11) is 0. The maximum Gasteiger partial charge on any atom is 0.251 e. The number of amides is 1. The van der Waals surface area contributed by atoms with E-state index in [0.717, 1.165) is 53.8 Å². The number of aliphatic hydroxyl groups is 1. The first-order valence-electron chi connectivity index (χ1n) is 11.4. The smallest absolute Gasteiger partial charge is 0.251 e. The topological polar surface area (TPSA) is 108 Å². The highest BCUT2D eigenvalue weighted by Crippen LogP contribution is 2.29. The predicted molar refractivity (Wildman–Crippen MR) is 127 cm³/mol. The van der Waals surface area contributed by atoms with Crippen LogP contribution in [0.25, 0.3) is 22.2 Å². The van der Waals surface area contributed by atoms with Crippen molar-refractivity contribution in [1.29, 1.82) is 0 Å². The number of fused-ring (bicyclic) bond motifs is 1. The van der Waals surface area contributed by atoms with E-state index in [1.54, 1.807) is 23.6 Å². The van der Waals surface area contributed by atoms with Gasteiger partial charge in [0.2, 0.25) is 5.88 Å². The van der Waals surface area contributed by atoms with Crippen LogP contribution in [-0.4, -0.2) is 74.8 Å². The Morgan fingerprint density at radius 3 is 2.76 bits per heavy atom. The Morgan fingerprint density at radius 1 is 1.21 bits per heavy atom. The first-order valence-corrected chi connectivity index (χ1v) is 11.4. The lowest BCUT2D eigenvalue weighted by molar-refractivity contribution is -0.141.